The summed E-state index contributed by atoms with van der Waals surface area (Å²) in [5.74, 6) is -0.119. The van der Waals surface area contributed by atoms with Crippen molar-refractivity contribution in [2.75, 3.05) is 13.1 Å². The van der Waals surface area contributed by atoms with E-state index >= 15 is 0 Å². The fourth-order valence-electron chi connectivity index (χ4n) is 2.90. The number of aliphatic hydroxyl groups excluding tert-OH is 1. The minimum Gasteiger partial charge on any atom is -0.445 e. The molecule has 2 amide bonds. The van der Waals surface area contributed by atoms with E-state index < -0.39 is 18.2 Å². The van der Waals surface area contributed by atoms with Gasteiger partial charge in [0.05, 0.1) is 12.1 Å². The molecule has 0 fully saturated rings. The summed E-state index contributed by atoms with van der Waals surface area (Å²) in [6.45, 7) is 4.09. The molecule has 0 aliphatic carbocycles. The lowest BCUT2D eigenvalue weighted by atomic mass is 10.0. The molecule has 0 saturated heterocycles. The van der Waals surface area contributed by atoms with Crippen LogP contribution in [0.3, 0.4) is 0 Å². The Hall–Kier alpha value is -2.86. The van der Waals surface area contributed by atoms with E-state index in [0.717, 1.165) is 11.1 Å². The third-order valence-corrected chi connectivity index (χ3v) is 4.51. The van der Waals surface area contributed by atoms with Gasteiger partial charge in [-0.3, -0.25) is 4.79 Å². The summed E-state index contributed by atoms with van der Waals surface area (Å²) >= 11 is 0. The van der Waals surface area contributed by atoms with Gasteiger partial charge in [-0.2, -0.15) is 0 Å². The Labute approximate surface area is 166 Å². The summed E-state index contributed by atoms with van der Waals surface area (Å²) in [6.07, 6.45) is -1.10. The Balaban J connectivity index is 2.02. The van der Waals surface area contributed by atoms with Crippen molar-refractivity contribution in [3.8, 4) is 0 Å². The van der Waals surface area contributed by atoms with Gasteiger partial charge in [0.1, 0.15) is 6.61 Å². The molecule has 0 spiro atoms. The minimum atomic E-state index is -0.923. The zero-order chi connectivity index (χ0) is 20.4. The molecule has 0 aromatic heterocycles. The fourth-order valence-corrected chi connectivity index (χ4v) is 2.90. The van der Waals surface area contributed by atoms with E-state index in [0.29, 0.717) is 13.0 Å². The molecular formula is C22H28N2O4. The molecule has 0 aliphatic rings. The van der Waals surface area contributed by atoms with Crippen molar-refractivity contribution in [1.29, 1.82) is 0 Å². The molecule has 2 N–H and O–H groups in total. The molecule has 0 radical (unpaired) electrons. The SMILES string of the molecule is CCN(C[C@@H](O)C(Cc1ccccc1)NC(=O)OCc1ccccc1)C(C)=O. The van der Waals surface area contributed by atoms with E-state index in [4.69, 9.17) is 4.74 Å². The molecule has 6 nitrogen and oxygen atoms in total. The zero-order valence-electron chi connectivity index (χ0n) is 16.4. The van der Waals surface area contributed by atoms with Crippen LogP contribution in [0.1, 0.15) is 25.0 Å². The van der Waals surface area contributed by atoms with Crippen molar-refractivity contribution in [3.05, 3.63) is 71.8 Å². The molecule has 2 atom stereocenters. The lowest BCUT2D eigenvalue weighted by Crippen LogP contribution is -2.50. The Kier molecular flexibility index (Phi) is 8.49. The zero-order valence-corrected chi connectivity index (χ0v) is 16.4. The van der Waals surface area contributed by atoms with Crippen LogP contribution < -0.4 is 5.32 Å². The third kappa shape index (κ3) is 7.04. The van der Waals surface area contributed by atoms with Crippen LogP contribution in [-0.2, 0) is 22.6 Å². The molecule has 28 heavy (non-hydrogen) atoms. The van der Waals surface area contributed by atoms with Gasteiger partial charge in [0.15, 0.2) is 0 Å². The predicted molar refractivity (Wildman–Crippen MR) is 108 cm³/mol. The highest BCUT2D eigenvalue weighted by molar-refractivity contribution is 5.73. The molecule has 0 aliphatic heterocycles. The summed E-state index contributed by atoms with van der Waals surface area (Å²) in [6, 6.07) is 18.4. The van der Waals surface area contributed by atoms with Crippen LogP contribution >= 0.6 is 0 Å². The van der Waals surface area contributed by atoms with E-state index in [-0.39, 0.29) is 19.1 Å². The fraction of sp³-hybridized carbons (Fsp3) is 0.364. The maximum absolute atomic E-state index is 12.3. The molecule has 0 bridgehead atoms. The molecule has 150 valence electrons. The molecule has 0 heterocycles. The number of aliphatic hydroxyl groups is 1. The van der Waals surface area contributed by atoms with Crippen LogP contribution in [0.25, 0.3) is 0 Å². The maximum Gasteiger partial charge on any atom is 0.407 e. The summed E-state index contributed by atoms with van der Waals surface area (Å²) < 4.78 is 5.28. The first-order valence-electron chi connectivity index (χ1n) is 9.44. The number of hydrogen-bond donors (Lipinski definition) is 2. The Morgan fingerprint density at radius 1 is 1.04 bits per heavy atom. The van der Waals surface area contributed by atoms with Crippen LogP contribution in [0.15, 0.2) is 60.7 Å². The molecular weight excluding hydrogens is 356 g/mol. The second-order valence-corrected chi connectivity index (χ2v) is 6.63. The van der Waals surface area contributed by atoms with E-state index in [1.54, 1.807) is 4.90 Å². The van der Waals surface area contributed by atoms with Crippen LogP contribution in [0, 0.1) is 0 Å². The number of nitrogens with zero attached hydrogens (tertiary/aromatic N) is 1. The van der Waals surface area contributed by atoms with Gasteiger partial charge in [-0.05, 0) is 24.5 Å². The van der Waals surface area contributed by atoms with Crippen molar-refractivity contribution in [2.45, 2.75) is 39.0 Å². The van der Waals surface area contributed by atoms with Gasteiger partial charge in [-0.15, -0.1) is 0 Å². The second-order valence-electron chi connectivity index (χ2n) is 6.63. The van der Waals surface area contributed by atoms with Crippen molar-refractivity contribution in [3.63, 3.8) is 0 Å². The molecule has 1 unspecified atom stereocenters. The van der Waals surface area contributed by atoms with Crippen LogP contribution in [0.5, 0.6) is 0 Å². The Morgan fingerprint density at radius 2 is 1.61 bits per heavy atom. The molecule has 2 rings (SSSR count). The van der Waals surface area contributed by atoms with Crippen LogP contribution in [0.2, 0.25) is 0 Å². The van der Waals surface area contributed by atoms with Gasteiger partial charge in [-0.1, -0.05) is 60.7 Å². The lowest BCUT2D eigenvalue weighted by molar-refractivity contribution is -0.130. The largest absolute Gasteiger partial charge is 0.445 e. The monoisotopic (exact) mass is 384 g/mol. The lowest BCUT2D eigenvalue weighted by Gasteiger charge is -2.29. The predicted octanol–water partition coefficient (Wildman–Crippen LogP) is 2.75. The second kappa shape index (κ2) is 11.1. The Morgan fingerprint density at radius 3 is 2.14 bits per heavy atom. The van der Waals surface area contributed by atoms with Crippen LogP contribution in [0.4, 0.5) is 4.79 Å². The number of amides is 2. The number of rotatable bonds is 9. The third-order valence-electron chi connectivity index (χ3n) is 4.51. The number of hydrogen-bond acceptors (Lipinski definition) is 4. The number of ether oxygens (including phenoxy) is 1. The number of carbonyl (C=O) groups excluding carboxylic acids is 2. The number of benzene rings is 2. The quantitative estimate of drug-likeness (QED) is 0.697. The van der Waals surface area contributed by atoms with Crippen molar-refractivity contribution in [1.82, 2.24) is 10.2 Å². The highest BCUT2D eigenvalue weighted by Gasteiger charge is 2.25. The summed E-state index contributed by atoms with van der Waals surface area (Å²) in [7, 11) is 0. The van der Waals surface area contributed by atoms with E-state index in [1.807, 2.05) is 67.6 Å². The van der Waals surface area contributed by atoms with Gasteiger partial charge in [-0.25, -0.2) is 4.79 Å². The topological polar surface area (TPSA) is 78.9 Å². The average molecular weight is 384 g/mol. The molecule has 2 aromatic carbocycles. The average Bonchev–Trinajstić information content (AvgIpc) is 2.71. The van der Waals surface area contributed by atoms with Gasteiger partial charge >= 0.3 is 6.09 Å². The van der Waals surface area contributed by atoms with E-state index in [1.165, 1.54) is 6.92 Å². The van der Waals surface area contributed by atoms with E-state index in [2.05, 4.69) is 5.32 Å². The van der Waals surface area contributed by atoms with Crippen LogP contribution in [-0.4, -0.2) is 47.2 Å². The highest BCUT2D eigenvalue weighted by Crippen LogP contribution is 2.09. The smallest absolute Gasteiger partial charge is 0.407 e. The highest BCUT2D eigenvalue weighted by atomic mass is 16.5. The first kappa shape index (κ1) is 21.4. The summed E-state index contributed by atoms with van der Waals surface area (Å²) in [4.78, 5) is 25.5. The van der Waals surface area contributed by atoms with Crippen molar-refractivity contribution in [2.24, 2.45) is 0 Å². The minimum absolute atomic E-state index is 0.119. The number of alkyl carbamates (subject to hydrolysis) is 1. The molecule has 2 aromatic rings. The maximum atomic E-state index is 12.3. The van der Waals surface area contributed by atoms with E-state index in [9.17, 15) is 14.7 Å². The van der Waals surface area contributed by atoms with Crippen molar-refractivity contribution < 1.29 is 19.4 Å². The number of nitrogens with one attached hydrogen (secondary N) is 1. The number of carbonyl (C=O) groups is 2. The summed E-state index contributed by atoms with van der Waals surface area (Å²) in [5.41, 5.74) is 1.85. The van der Waals surface area contributed by atoms with Gasteiger partial charge in [0.25, 0.3) is 0 Å². The molecule has 6 heteroatoms. The van der Waals surface area contributed by atoms with Gasteiger partial charge in [0.2, 0.25) is 5.91 Å². The number of likely N-dealkylation sites (N-methyl/N-ethyl adjacent to an activating group) is 1. The first-order chi connectivity index (χ1) is 13.5. The summed E-state index contributed by atoms with van der Waals surface area (Å²) in [5, 5.41) is 13.4. The Bertz CT molecular complexity index is 737. The standard InChI is InChI=1S/C22H28N2O4/c1-3-24(17(2)25)15-21(26)20(14-18-10-6-4-7-11-18)23-22(27)28-16-19-12-8-5-9-13-19/h4-13,20-21,26H,3,14-16H2,1-2H3,(H,23,27)/t20?,21-/m1/s1. The van der Waals surface area contributed by atoms with Crippen molar-refractivity contribution >= 4 is 12.0 Å². The molecule has 0 saturated carbocycles. The van der Waals surface area contributed by atoms with Gasteiger partial charge in [0, 0.05) is 20.0 Å². The first-order valence-corrected chi connectivity index (χ1v) is 9.44. The normalized spacial score (nSPS) is 12.7. The van der Waals surface area contributed by atoms with Gasteiger partial charge < -0.3 is 20.1 Å².